The number of aromatic nitrogens is 1. The van der Waals surface area contributed by atoms with Crippen LogP contribution in [-0.4, -0.2) is 15.7 Å². The number of benzene rings is 1. The number of halogens is 2. The summed E-state index contributed by atoms with van der Waals surface area (Å²) >= 11 is 12.3. The molecule has 0 fully saturated rings. The Morgan fingerprint density at radius 3 is 2.76 bits per heavy atom. The van der Waals surface area contributed by atoms with E-state index in [9.17, 15) is 4.79 Å². The Hall–Kier alpha value is -0.840. The zero-order valence-corrected chi connectivity index (χ0v) is 11.6. The highest BCUT2D eigenvalue weighted by molar-refractivity contribution is 7.22. The third-order valence-electron chi connectivity index (χ3n) is 2.26. The number of nitrogens with one attached hydrogen (secondary N) is 1. The molecule has 1 aromatic heterocycles. The van der Waals surface area contributed by atoms with Gasteiger partial charge in [-0.15, -0.1) is 0 Å². The van der Waals surface area contributed by atoms with E-state index in [0.717, 1.165) is 15.8 Å². The Balaban J connectivity index is 2.38. The maximum atomic E-state index is 11.3. The van der Waals surface area contributed by atoms with Crippen molar-refractivity contribution in [2.75, 3.05) is 5.32 Å². The summed E-state index contributed by atoms with van der Waals surface area (Å²) in [5.41, 5.74) is 3.16. The first kappa shape index (κ1) is 12.6. The second kappa shape index (κ2) is 4.80. The first-order chi connectivity index (χ1) is 7.97. The summed E-state index contributed by atoms with van der Waals surface area (Å²) in [5, 5.41) is 3.10. The molecule has 0 bridgehead atoms. The van der Waals surface area contributed by atoms with Crippen LogP contribution >= 0.6 is 34.5 Å². The molecule has 0 atom stereocenters. The summed E-state index contributed by atoms with van der Waals surface area (Å²) in [5.74, 6) is -0.457. The summed E-state index contributed by atoms with van der Waals surface area (Å²) in [6.45, 7) is 4.02. The summed E-state index contributed by atoms with van der Waals surface area (Å²) in [6.07, 6.45) is 0. The highest BCUT2D eigenvalue weighted by Gasteiger charge is 2.14. The zero-order chi connectivity index (χ0) is 12.6. The van der Waals surface area contributed by atoms with Gasteiger partial charge in [-0.2, -0.15) is 0 Å². The fraction of sp³-hybridized carbons (Fsp3) is 0.273. The number of carbonyl (C=O) groups excluding carboxylic acids is 1. The maximum absolute atomic E-state index is 11.3. The van der Waals surface area contributed by atoms with Crippen molar-refractivity contribution in [2.45, 2.75) is 18.7 Å². The number of thiazole rings is 1. The lowest BCUT2D eigenvalue weighted by Crippen LogP contribution is -2.18. The molecule has 1 aromatic carbocycles. The highest BCUT2D eigenvalue weighted by Crippen LogP contribution is 2.29. The lowest BCUT2D eigenvalue weighted by molar-refractivity contribution is -0.114. The molecule has 0 aliphatic carbocycles. The topological polar surface area (TPSA) is 42.0 Å². The van der Waals surface area contributed by atoms with Gasteiger partial charge in [0.1, 0.15) is 0 Å². The van der Waals surface area contributed by atoms with Gasteiger partial charge in [0.05, 0.1) is 10.2 Å². The minimum absolute atomic E-state index is 0.457. The molecular weight excluding hydrogens is 279 g/mol. The van der Waals surface area contributed by atoms with E-state index in [0.29, 0.717) is 5.13 Å². The molecule has 1 amide bonds. The molecule has 0 spiro atoms. The molecule has 0 unspecified atom stereocenters. The van der Waals surface area contributed by atoms with Crippen molar-refractivity contribution < 1.29 is 4.79 Å². The van der Waals surface area contributed by atoms with Crippen molar-refractivity contribution in [3.05, 3.63) is 23.3 Å². The molecule has 0 aliphatic heterocycles. The van der Waals surface area contributed by atoms with E-state index < -0.39 is 10.7 Å². The number of nitrogens with zero attached hydrogens (tertiary/aromatic N) is 1. The fourth-order valence-electron chi connectivity index (χ4n) is 1.58. The number of amides is 1. The Labute approximate surface area is 113 Å². The average Bonchev–Trinajstić information content (AvgIpc) is 2.60. The normalized spacial score (nSPS) is 11.1. The number of rotatable bonds is 2. The van der Waals surface area contributed by atoms with Crippen LogP contribution in [0.1, 0.15) is 11.1 Å². The van der Waals surface area contributed by atoms with E-state index in [-0.39, 0.29) is 0 Å². The third kappa shape index (κ3) is 2.70. The van der Waals surface area contributed by atoms with E-state index in [1.807, 2.05) is 19.9 Å². The van der Waals surface area contributed by atoms with Gasteiger partial charge in [0.2, 0.25) is 0 Å². The summed E-state index contributed by atoms with van der Waals surface area (Å²) in [7, 11) is 0. The number of alkyl halides is 2. The van der Waals surface area contributed by atoms with Gasteiger partial charge >= 0.3 is 0 Å². The first-order valence-electron chi connectivity index (χ1n) is 4.94. The van der Waals surface area contributed by atoms with Gasteiger partial charge in [-0.05, 0) is 31.0 Å². The molecule has 0 saturated heterocycles. The standard InChI is InChI=1S/C11H10Cl2N2OS/c1-5-3-6(2)8-7(4-5)17-11(14-8)15-10(16)9(12)13/h3-4,9H,1-2H3,(H,14,15,16). The zero-order valence-electron chi connectivity index (χ0n) is 9.25. The molecule has 0 aliphatic rings. The summed E-state index contributed by atoms with van der Waals surface area (Å²) in [6, 6.07) is 4.09. The molecule has 1 N–H and O–H groups in total. The molecule has 6 heteroatoms. The number of fused-ring (bicyclic) bond motifs is 1. The van der Waals surface area contributed by atoms with Crippen LogP contribution in [0.5, 0.6) is 0 Å². The number of aryl methyl sites for hydroxylation is 2. The van der Waals surface area contributed by atoms with Crippen molar-refractivity contribution in [3.8, 4) is 0 Å². The number of hydrogen-bond acceptors (Lipinski definition) is 3. The Morgan fingerprint density at radius 2 is 2.12 bits per heavy atom. The average molecular weight is 289 g/mol. The lowest BCUT2D eigenvalue weighted by Gasteiger charge is -1.99. The van der Waals surface area contributed by atoms with E-state index in [1.54, 1.807) is 0 Å². The summed E-state index contributed by atoms with van der Waals surface area (Å²) < 4.78 is 1.04. The van der Waals surface area contributed by atoms with Gasteiger partial charge in [-0.3, -0.25) is 10.1 Å². The van der Waals surface area contributed by atoms with Gasteiger partial charge in [0.15, 0.2) is 9.97 Å². The minimum atomic E-state index is -1.08. The molecule has 2 rings (SSSR count). The van der Waals surface area contributed by atoms with Crippen LogP contribution in [-0.2, 0) is 4.79 Å². The van der Waals surface area contributed by atoms with Gasteiger partial charge in [0, 0.05) is 0 Å². The van der Waals surface area contributed by atoms with E-state index in [4.69, 9.17) is 23.2 Å². The largest absolute Gasteiger partial charge is 0.300 e. The van der Waals surface area contributed by atoms with Crippen molar-refractivity contribution in [2.24, 2.45) is 0 Å². The van der Waals surface area contributed by atoms with Gasteiger partial charge in [0.25, 0.3) is 5.91 Å². The molecule has 17 heavy (non-hydrogen) atoms. The Morgan fingerprint density at radius 1 is 1.41 bits per heavy atom. The van der Waals surface area contributed by atoms with Crippen LogP contribution < -0.4 is 5.32 Å². The molecule has 0 radical (unpaired) electrons. The molecule has 3 nitrogen and oxygen atoms in total. The van der Waals surface area contributed by atoms with E-state index in [1.165, 1.54) is 16.9 Å². The maximum Gasteiger partial charge on any atom is 0.259 e. The first-order valence-corrected chi connectivity index (χ1v) is 6.63. The fourth-order valence-corrected chi connectivity index (χ4v) is 2.74. The van der Waals surface area contributed by atoms with Crippen LogP contribution in [0, 0.1) is 13.8 Å². The second-order valence-electron chi connectivity index (χ2n) is 3.74. The number of carbonyl (C=O) groups is 1. The van der Waals surface area contributed by atoms with Crippen LogP contribution in [0.3, 0.4) is 0 Å². The molecule has 0 saturated carbocycles. The molecule has 1 heterocycles. The Bertz CT molecular complexity index is 580. The van der Waals surface area contributed by atoms with Crippen molar-refractivity contribution >= 4 is 55.8 Å². The lowest BCUT2D eigenvalue weighted by atomic mass is 10.1. The van der Waals surface area contributed by atoms with Crippen molar-refractivity contribution in [1.82, 2.24) is 4.98 Å². The van der Waals surface area contributed by atoms with Crippen LogP contribution in [0.25, 0.3) is 10.2 Å². The van der Waals surface area contributed by atoms with Crippen LogP contribution in [0.4, 0.5) is 5.13 Å². The highest BCUT2D eigenvalue weighted by atomic mass is 35.5. The number of hydrogen-bond donors (Lipinski definition) is 1. The smallest absolute Gasteiger partial charge is 0.259 e. The van der Waals surface area contributed by atoms with Crippen LogP contribution in [0.2, 0.25) is 0 Å². The second-order valence-corrected chi connectivity index (χ2v) is 5.86. The molecule has 2 aromatic rings. The predicted octanol–water partition coefficient (Wildman–Crippen LogP) is 3.66. The minimum Gasteiger partial charge on any atom is -0.300 e. The van der Waals surface area contributed by atoms with E-state index in [2.05, 4.69) is 16.4 Å². The molecule has 90 valence electrons. The van der Waals surface area contributed by atoms with E-state index >= 15 is 0 Å². The van der Waals surface area contributed by atoms with Gasteiger partial charge in [-0.25, -0.2) is 4.98 Å². The summed E-state index contributed by atoms with van der Waals surface area (Å²) in [4.78, 5) is 14.6. The SMILES string of the molecule is Cc1cc(C)c2nc(NC(=O)C(Cl)Cl)sc2c1. The predicted molar refractivity (Wildman–Crippen MR) is 73.2 cm³/mol. The molecular formula is C11H10Cl2N2OS. The Kier molecular flexibility index (Phi) is 3.56. The van der Waals surface area contributed by atoms with Gasteiger partial charge < -0.3 is 0 Å². The van der Waals surface area contributed by atoms with Crippen molar-refractivity contribution in [1.29, 1.82) is 0 Å². The van der Waals surface area contributed by atoms with Gasteiger partial charge in [-0.1, -0.05) is 40.6 Å². The van der Waals surface area contributed by atoms with Crippen LogP contribution in [0.15, 0.2) is 12.1 Å². The third-order valence-corrected chi connectivity index (χ3v) is 3.57. The number of anilines is 1. The van der Waals surface area contributed by atoms with Crippen molar-refractivity contribution in [3.63, 3.8) is 0 Å². The monoisotopic (exact) mass is 288 g/mol. The quantitative estimate of drug-likeness (QED) is 0.857.